The number of anilines is 1. The molecule has 9 heteroatoms. The predicted octanol–water partition coefficient (Wildman–Crippen LogP) is 2.32. The molecular formula is C19H24Cl2N4O3. The lowest BCUT2D eigenvalue weighted by Gasteiger charge is -2.24. The van der Waals surface area contributed by atoms with Gasteiger partial charge < -0.3 is 15.5 Å². The highest BCUT2D eigenvalue weighted by molar-refractivity contribution is 6.30. The molecule has 3 atom stereocenters. The monoisotopic (exact) mass is 426 g/mol. The average Bonchev–Trinajstić information content (AvgIpc) is 3.12. The number of urea groups is 1. The van der Waals surface area contributed by atoms with Gasteiger partial charge in [0, 0.05) is 36.6 Å². The quantitative estimate of drug-likeness (QED) is 0.723. The highest BCUT2D eigenvalue weighted by Gasteiger charge is 2.39. The lowest BCUT2D eigenvalue weighted by atomic mass is 10.1. The Hall–Kier alpha value is -1.83. The van der Waals surface area contributed by atoms with Gasteiger partial charge >= 0.3 is 6.03 Å². The Bertz CT molecular complexity index is 758. The van der Waals surface area contributed by atoms with Gasteiger partial charge in [0.15, 0.2) is 0 Å². The van der Waals surface area contributed by atoms with Gasteiger partial charge in [0.1, 0.15) is 6.04 Å². The van der Waals surface area contributed by atoms with Crippen molar-refractivity contribution in [3.63, 3.8) is 0 Å². The molecule has 3 saturated heterocycles. The summed E-state index contributed by atoms with van der Waals surface area (Å²) in [6.45, 7) is 1.49. The van der Waals surface area contributed by atoms with E-state index in [4.69, 9.17) is 11.6 Å². The van der Waals surface area contributed by atoms with E-state index in [1.165, 1.54) is 6.42 Å². The first-order valence-electron chi connectivity index (χ1n) is 9.45. The molecule has 3 unspecified atom stereocenters. The van der Waals surface area contributed by atoms with Crippen LogP contribution in [0.25, 0.3) is 0 Å². The van der Waals surface area contributed by atoms with Crippen molar-refractivity contribution in [2.24, 2.45) is 0 Å². The first kappa shape index (κ1) is 20.9. The minimum Gasteiger partial charge on any atom is -0.341 e. The number of hydrogen-bond acceptors (Lipinski definition) is 4. The number of hydrogen-bond donors (Lipinski definition) is 2. The topological polar surface area (TPSA) is 81.8 Å². The summed E-state index contributed by atoms with van der Waals surface area (Å²) >= 11 is 5.86. The van der Waals surface area contributed by atoms with E-state index in [0.29, 0.717) is 29.2 Å². The summed E-state index contributed by atoms with van der Waals surface area (Å²) in [5.74, 6) is -0.275. The lowest BCUT2D eigenvalue weighted by molar-refractivity contribution is -0.131. The highest BCUT2D eigenvalue weighted by Crippen LogP contribution is 2.24. The molecule has 0 aliphatic carbocycles. The number of rotatable bonds is 4. The Labute approximate surface area is 175 Å². The molecule has 0 radical (unpaired) electrons. The fourth-order valence-corrected chi connectivity index (χ4v) is 4.28. The van der Waals surface area contributed by atoms with Crippen LogP contribution in [0.15, 0.2) is 24.3 Å². The molecule has 4 amide bonds. The van der Waals surface area contributed by atoms with Gasteiger partial charge in [-0.15, -0.1) is 12.4 Å². The van der Waals surface area contributed by atoms with Crippen LogP contribution in [0, 0.1) is 0 Å². The van der Waals surface area contributed by atoms with E-state index in [1.54, 1.807) is 24.3 Å². The number of likely N-dealkylation sites (tertiary alicyclic amines) is 1. The molecule has 3 aliphatic rings. The normalized spacial score (nSPS) is 26.7. The van der Waals surface area contributed by atoms with Crippen LogP contribution in [0.1, 0.15) is 32.1 Å². The Balaban J connectivity index is 0.00000225. The Morgan fingerprint density at radius 2 is 1.82 bits per heavy atom. The second-order valence-corrected chi connectivity index (χ2v) is 7.89. The van der Waals surface area contributed by atoms with Crippen molar-refractivity contribution in [2.45, 2.75) is 50.2 Å². The molecule has 4 rings (SSSR count). The van der Waals surface area contributed by atoms with Gasteiger partial charge in [0.25, 0.3) is 5.91 Å². The molecule has 3 fully saturated rings. The van der Waals surface area contributed by atoms with Crippen LogP contribution in [-0.4, -0.2) is 54.0 Å². The van der Waals surface area contributed by atoms with Gasteiger partial charge in [-0.25, -0.2) is 9.69 Å². The summed E-state index contributed by atoms with van der Waals surface area (Å²) in [6, 6.07) is 6.31. The molecule has 2 N–H and O–H groups in total. The summed E-state index contributed by atoms with van der Waals surface area (Å²) in [4.78, 5) is 40.5. The fourth-order valence-electron chi connectivity index (χ4n) is 4.16. The van der Waals surface area contributed by atoms with Gasteiger partial charge in [0.2, 0.25) is 5.91 Å². The summed E-state index contributed by atoms with van der Waals surface area (Å²) in [5, 5.41) is 6.78. The van der Waals surface area contributed by atoms with Crippen LogP contribution in [-0.2, 0) is 9.59 Å². The molecule has 3 heterocycles. The van der Waals surface area contributed by atoms with Crippen LogP contribution in [0.2, 0.25) is 5.02 Å². The van der Waals surface area contributed by atoms with Crippen LogP contribution in [0.4, 0.5) is 10.5 Å². The number of benzene rings is 1. The zero-order chi connectivity index (χ0) is 19.0. The Morgan fingerprint density at radius 1 is 1.11 bits per heavy atom. The molecule has 152 valence electrons. The molecule has 1 aromatic rings. The maximum atomic E-state index is 12.6. The van der Waals surface area contributed by atoms with Crippen molar-refractivity contribution in [3.05, 3.63) is 29.3 Å². The number of imide groups is 1. The molecule has 7 nitrogen and oxygen atoms in total. The second kappa shape index (κ2) is 8.68. The SMILES string of the molecule is Cl.O=C(CCC1NC(=O)N(c2ccc(Cl)cc2)C1=O)N1CCC2CCC(C1)N2. The van der Waals surface area contributed by atoms with Gasteiger partial charge in [-0.3, -0.25) is 9.59 Å². The first-order chi connectivity index (χ1) is 13.0. The molecular weight excluding hydrogens is 403 g/mol. The third-order valence-corrected chi connectivity index (χ3v) is 5.88. The minimum absolute atomic E-state index is 0. The van der Waals surface area contributed by atoms with Gasteiger partial charge in [-0.1, -0.05) is 11.6 Å². The minimum atomic E-state index is -0.668. The van der Waals surface area contributed by atoms with Crippen molar-refractivity contribution < 1.29 is 14.4 Å². The van der Waals surface area contributed by atoms with E-state index in [9.17, 15) is 14.4 Å². The van der Waals surface area contributed by atoms with Crippen molar-refractivity contribution in [3.8, 4) is 0 Å². The number of amides is 4. The summed E-state index contributed by atoms with van der Waals surface area (Å²) < 4.78 is 0. The average molecular weight is 427 g/mol. The van der Waals surface area contributed by atoms with Crippen LogP contribution < -0.4 is 15.5 Å². The van der Waals surface area contributed by atoms with Crippen LogP contribution >= 0.6 is 24.0 Å². The number of carbonyl (C=O) groups excluding carboxylic acids is 3. The molecule has 2 bridgehead atoms. The number of nitrogens with zero attached hydrogens (tertiary/aromatic N) is 2. The van der Waals surface area contributed by atoms with Crippen molar-refractivity contribution >= 4 is 47.5 Å². The van der Waals surface area contributed by atoms with Crippen LogP contribution in [0.3, 0.4) is 0 Å². The number of nitrogens with one attached hydrogen (secondary N) is 2. The molecule has 28 heavy (non-hydrogen) atoms. The standard InChI is InChI=1S/C19H23ClN4O3.ClH/c20-12-1-5-15(6-2-12)24-18(26)16(22-19(24)27)7-8-17(25)23-10-9-13-3-4-14(11-23)21-13;/h1-2,5-6,13-14,16,21H,3-4,7-11H2,(H,22,27);1H. The maximum absolute atomic E-state index is 12.6. The van der Waals surface area contributed by atoms with Crippen molar-refractivity contribution in [2.75, 3.05) is 18.0 Å². The maximum Gasteiger partial charge on any atom is 0.329 e. The third-order valence-electron chi connectivity index (χ3n) is 5.63. The smallest absolute Gasteiger partial charge is 0.329 e. The largest absolute Gasteiger partial charge is 0.341 e. The highest BCUT2D eigenvalue weighted by atomic mass is 35.5. The van der Waals surface area contributed by atoms with Crippen LogP contribution in [0.5, 0.6) is 0 Å². The molecule has 0 aromatic heterocycles. The molecule has 3 aliphatic heterocycles. The van der Waals surface area contributed by atoms with Crippen molar-refractivity contribution in [1.82, 2.24) is 15.5 Å². The first-order valence-corrected chi connectivity index (χ1v) is 9.83. The summed E-state index contributed by atoms with van der Waals surface area (Å²) in [6.07, 6.45) is 3.84. The zero-order valence-corrected chi connectivity index (χ0v) is 17.0. The molecule has 0 spiro atoms. The number of carbonyl (C=O) groups is 3. The van der Waals surface area contributed by atoms with Gasteiger partial charge in [-0.05, 0) is 49.9 Å². The third kappa shape index (κ3) is 4.26. The number of halogens is 2. The predicted molar refractivity (Wildman–Crippen MR) is 109 cm³/mol. The Kier molecular flexibility index (Phi) is 6.47. The van der Waals surface area contributed by atoms with Gasteiger partial charge in [-0.2, -0.15) is 0 Å². The fraction of sp³-hybridized carbons (Fsp3) is 0.526. The Morgan fingerprint density at radius 3 is 2.57 bits per heavy atom. The van der Waals surface area contributed by atoms with E-state index in [2.05, 4.69) is 10.6 Å². The van der Waals surface area contributed by atoms with Crippen molar-refractivity contribution in [1.29, 1.82) is 0 Å². The van der Waals surface area contributed by atoms with E-state index >= 15 is 0 Å². The van der Waals surface area contributed by atoms with E-state index in [-0.39, 0.29) is 30.6 Å². The summed E-state index contributed by atoms with van der Waals surface area (Å²) in [7, 11) is 0. The second-order valence-electron chi connectivity index (χ2n) is 7.46. The summed E-state index contributed by atoms with van der Waals surface area (Å²) in [5.41, 5.74) is 0.477. The zero-order valence-electron chi connectivity index (χ0n) is 15.4. The van der Waals surface area contributed by atoms with E-state index in [0.717, 1.165) is 30.8 Å². The van der Waals surface area contributed by atoms with E-state index < -0.39 is 12.1 Å². The van der Waals surface area contributed by atoms with Gasteiger partial charge in [0.05, 0.1) is 5.69 Å². The van der Waals surface area contributed by atoms with E-state index in [1.807, 2.05) is 4.90 Å². The molecule has 1 aromatic carbocycles. The number of fused-ring (bicyclic) bond motifs is 2. The molecule has 0 saturated carbocycles. The lowest BCUT2D eigenvalue weighted by Crippen LogP contribution is -2.40.